The number of ether oxygens (including phenoxy) is 1. The predicted octanol–water partition coefficient (Wildman–Crippen LogP) is 3.32. The van der Waals surface area contributed by atoms with Crippen molar-refractivity contribution in [2.45, 2.75) is 39.7 Å². The molecule has 106 valence electrons. The fourth-order valence-electron chi connectivity index (χ4n) is 1.67. The van der Waals surface area contributed by atoms with Gasteiger partial charge in [0, 0.05) is 6.42 Å². The van der Waals surface area contributed by atoms with Crippen LogP contribution in [-0.2, 0) is 9.53 Å². The quantitative estimate of drug-likeness (QED) is 0.767. The van der Waals surface area contributed by atoms with Gasteiger partial charge >= 0.3 is 5.97 Å². The van der Waals surface area contributed by atoms with Gasteiger partial charge in [-0.3, -0.25) is 4.79 Å². The Morgan fingerprint density at radius 2 is 1.95 bits per heavy atom. The Kier molecular flexibility index (Phi) is 6.03. The van der Waals surface area contributed by atoms with Crippen molar-refractivity contribution in [2.24, 2.45) is 5.41 Å². The van der Waals surface area contributed by atoms with Crippen molar-refractivity contribution in [2.75, 3.05) is 13.6 Å². The molecule has 1 aromatic rings. The Balaban J connectivity index is 2.79. The van der Waals surface area contributed by atoms with Crippen LogP contribution in [0.25, 0.3) is 0 Å². The van der Waals surface area contributed by atoms with Gasteiger partial charge in [0.25, 0.3) is 0 Å². The third-order valence-electron chi connectivity index (χ3n) is 3.51. The summed E-state index contributed by atoms with van der Waals surface area (Å²) >= 11 is 0. The molecule has 3 nitrogen and oxygen atoms in total. The maximum Gasteiger partial charge on any atom is 0.312 e. The first-order valence-electron chi connectivity index (χ1n) is 6.92. The zero-order valence-corrected chi connectivity index (χ0v) is 12.4. The van der Waals surface area contributed by atoms with E-state index < -0.39 is 5.41 Å². The van der Waals surface area contributed by atoms with E-state index >= 15 is 0 Å². The molecule has 0 bridgehead atoms. The van der Waals surface area contributed by atoms with Gasteiger partial charge in [0.15, 0.2) is 0 Å². The van der Waals surface area contributed by atoms with Crippen LogP contribution in [0.4, 0.5) is 0 Å². The lowest BCUT2D eigenvalue weighted by atomic mass is 9.90. The van der Waals surface area contributed by atoms with Gasteiger partial charge in [-0.15, -0.1) is 0 Å². The summed E-state index contributed by atoms with van der Waals surface area (Å²) in [4.78, 5) is 12.2. The molecular weight excluding hydrogens is 238 g/mol. The third-order valence-corrected chi connectivity index (χ3v) is 3.51. The Labute approximate surface area is 116 Å². The molecule has 0 aliphatic carbocycles. The summed E-state index contributed by atoms with van der Waals surface area (Å²) < 4.78 is 5.72. The van der Waals surface area contributed by atoms with Crippen molar-refractivity contribution >= 4 is 5.97 Å². The first kappa shape index (κ1) is 15.7. The van der Waals surface area contributed by atoms with E-state index in [-0.39, 0.29) is 12.1 Å². The van der Waals surface area contributed by atoms with Gasteiger partial charge in [-0.1, -0.05) is 37.3 Å². The first-order chi connectivity index (χ1) is 9.01. The smallest absolute Gasteiger partial charge is 0.312 e. The maximum atomic E-state index is 12.2. The average Bonchev–Trinajstić information content (AvgIpc) is 2.44. The summed E-state index contributed by atoms with van der Waals surface area (Å²) in [5.74, 6) is -0.125. The van der Waals surface area contributed by atoms with Gasteiger partial charge in [-0.2, -0.15) is 0 Å². The molecule has 1 unspecified atom stereocenters. The Bertz CT molecular complexity index is 387. The van der Waals surface area contributed by atoms with E-state index in [9.17, 15) is 4.79 Å². The second kappa shape index (κ2) is 7.29. The average molecular weight is 263 g/mol. The highest BCUT2D eigenvalue weighted by molar-refractivity contribution is 5.76. The van der Waals surface area contributed by atoms with E-state index in [0.717, 1.165) is 24.9 Å². The highest BCUT2D eigenvalue weighted by atomic mass is 16.5. The van der Waals surface area contributed by atoms with Gasteiger partial charge in [-0.05, 0) is 39.4 Å². The van der Waals surface area contributed by atoms with Gasteiger partial charge in [0.05, 0.1) is 5.41 Å². The minimum atomic E-state index is -0.424. The molecule has 0 spiro atoms. The number of hydrogen-bond donors (Lipinski definition) is 1. The van der Waals surface area contributed by atoms with Crippen LogP contribution in [0, 0.1) is 5.41 Å². The lowest BCUT2D eigenvalue weighted by Crippen LogP contribution is -2.28. The molecule has 0 aromatic heterocycles. The summed E-state index contributed by atoms with van der Waals surface area (Å²) in [6.45, 7) is 6.68. The van der Waals surface area contributed by atoms with Gasteiger partial charge < -0.3 is 10.1 Å². The Hall–Kier alpha value is -1.35. The molecule has 0 aliphatic heterocycles. The van der Waals surface area contributed by atoms with Crippen LogP contribution in [0.1, 0.15) is 45.3 Å². The second-order valence-electron chi connectivity index (χ2n) is 5.43. The lowest BCUT2D eigenvalue weighted by Gasteiger charge is -2.25. The molecule has 1 atom stereocenters. The SMILES string of the molecule is CCC(C)(C)C(=O)OC(CCNC)c1ccccc1. The van der Waals surface area contributed by atoms with Gasteiger partial charge in [0.1, 0.15) is 6.10 Å². The summed E-state index contributed by atoms with van der Waals surface area (Å²) in [5.41, 5.74) is 0.630. The van der Waals surface area contributed by atoms with E-state index in [0.29, 0.717) is 0 Å². The standard InChI is InChI=1S/C16H25NO2/c1-5-16(2,3)15(18)19-14(11-12-17-4)13-9-7-6-8-10-13/h6-10,14,17H,5,11-12H2,1-4H3. The first-order valence-corrected chi connectivity index (χ1v) is 6.92. The number of carbonyl (C=O) groups is 1. The molecule has 0 aliphatic rings. The summed E-state index contributed by atoms with van der Waals surface area (Å²) in [7, 11) is 1.90. The molecule has 0 saturated heterocycles. The zero-order valence-electron chi connectivity index (χ0n) is 12.4. The minimum Gasteiger partial charge on any atom is -0.457 e. The number of hydrogen-bond acceptors (Lipinski definition) is 3. The fourth-order valence-corrected chi connectivity index (χ4v) is 1.67. The van der Waals surface area contributed by atoms with Crippen LogP contribution in [0.15, 0.2) is 30.3 Å². The van der Waals surface area contributed by atoms with Crippen LogP contribution in [0.5, 0.6) is 0 Å². The summed E-state index contributed by atoms with van der Waals surface area (Å²) in [6.07, 6.45) is 1.39. The fraction of sp³-hybridized carbons (Fsp3) is 0.562. The number of esters is 1. The van der Waals surface area contributed by atoms with Crippen molar-refractivity contribution in [3.8, 4) is 0 Å². The van der Waals surface area contributed by atoms with Crippen LogP contribution in [0.2, 0.25) is 0 Å². The van der Waals surface area contributed by atoms with Crippen molar-refractivity contribution in [3.63, 3.8) is 0 Å². The number of nitrogens with one attached hydrogen (secondary N) is 1. The zero-order chi connectivity index (χ0) is 14.3. The topological polar surface area (TPSA) is 38.3 Å². The van der Waals surface area contributed by atoms with Crippen LogP contribution in [-0.4, -0.2) is 19.6 Å². The van der Waals surface area contributed by atoms with E-state index in [1.165, 1.54) is 0 Å². The molecular formula is C16H25NO2. The van der Waals surface area contributed by atoms with E-state index in [1.54, 1.807) is 0 Å². The third kappa shape index (κ3) is 4.67. The Morgan fingerprint density at radius 1 is 1.32 bits per heavy atom. The number of carbonyl (C=O) groups excluding carboxylic acids is 1. The Morgan fingerprint density at radius 3 is 2.47 bits per heavy atom. The number of rotatable bonds is 7. The molecule has 0 heterocycles. The largest absolute Gasteiger partial charge is 0.457 e. The van der Waals surface area contributed by atoms with E-state index in [4.69, 9.17) is 4.74 Å². The molecule has 19 heavy (non-hydrogen) atoms. The highest BCUT2D eigenvalue weighted by Crippen LogP contribution is 2.28. The molecule has 0 fully saturated rings. The molecule has 1 aromatic carbocycles. The van der Waals surface area contributed by atoms with Crippen molar-refractivity contribution in [1.82, 2.24) is 5.32 Å². The summed E-state index contributed by atoms with van der Waals surface area (Å²) in [6, 6.07) is 9.93. The van der Waals surface area contributed by atoms with Gasteiger partial charge in [0.2, 0.25) is 0 Å². The maximum absolute atomic E-state index is 12.2. The molecule has 0 amide bonds. The lowest BCUT2D eigenvalue weighted by molar-refractivity contribution is -0.160. The monoisotopic (exact) mass is 263 g/mol. The second-order valence-corrected chi connectivity index (χ2v) is 5.43. The van der Waals surface area contributed by atoms with Crippen molar-refractivity contribution in [3.05, 3.63) is 35.9 Å². The van der Waals surface area contributed by atoms with Crippen LogP contribution in [0.3, 0.4) is 0 Å². The molecule has 0 saturated carbocycles. The van der Waals surface area contributed by atoms with Gasteiger partial charge in [-0.25, -0.2) is 0 Å². The molecule has 0 radical (unpaired) electrons. The molecule has 3 heteroatoms. The van der Waals surface area contributed by atoms with Crippen molar-refractivity contribution in [1.29, 1.82) is 0 Å². The minimum absolute atomic E-state index is 0.125. The van der Waals surface area contributed by atoms with Crippen LogP contribution < -0.4 is 5.32 Å². The molecule has 1 rings (SSSR count). The van der Waals surface area contributed by atoms with Crippen LogP contribution >= 0.6 is 0 Å². The summed E-state index contributed by atoms with van der Waals surface area (Å²) in [5, 5.41) is 3.10. The number of benzene rings is 1. The van der Waals surface area contributed by atoms with Crippen molar-refractivity contribution < 1.29 is 9.53 Å². The normalized spacial score (nSPS) is 13.1. The molecule has 1 N–H and O–H groups in total. The highest BCUT2D eigenvalue weighted by Gasteiger charge is 2.29. The van der Waals surface area contributed by atoms with E-state index in [1.807, 2.05) is 58.2 Å². The predicted molar refractivity (Wildman–Crippen MR) is 77.9 cm³/mol. The van der Waals surface area contributed by atoms with E-state index in [2.05, 4.69) is 5.32 Å².